The second kappa shape index (κ2) is 11.8. The Morgan fingerprint density at radius 1 is 1.25 bits per heavy atom. The van der Waals surface area contributed by atoms with Crippen LogP contribution in [0.5, 0.6) is 0 Å². The van der Waals surface area contributed by atoms with Crippen LogP contribution in [0.1, 0.15) is 44.0 Å². The highest BCUT2D eigenvalue weighted by Crippen LogP contribution is 2.26. The fourth-order valence-corrected chi connectivity index (χ4v) is 4.89. The van der Waals surface area contributed by atoms with E-state index >= 15 is 0 Å². The van der Waals surface area contributed by atoms with Crippen molar-refractivity contribution >= 4 is 39.8 Å². The van der Waals surface area contributed by atoms with Crippen molar-refractivity contribution in [2.75, 3.05) is 32.0 Å². The van der Waals surface area contributed by atoms with Gasteiger partial charge in [0.2, 0.25) is 11.8 Å². The third kappa shape index (κ3) is 5.96. The number of nitrogen functional groups attached to an aromatic ring is 1. The highest BCUT2D eigenvalue weighted by molar-refractivity contribution is 5.82. The molecule has 0 saturated heterocycles. The number of imidazole rings is 1. The number of hydrogen-bond acceptors (Lipinski definition) is 9. The third-order valence-corrected chi connectivity index (χ3v) is 7.15. The molecule has 0 aliphatic heterocycles. The summed E-state index contributed by atoms with van der Waals surface area (Å²) in [5.41, 5.74) is 8.93. The minimum atomic E-state index is -0.316. The number of ether oxygens (including phenoxy) is 1. The molecule has 4 aromatic rings. The molecule has 1 fully saturated rings. The molecule has 0 atom stereocenters. The molecule has 0 radical (unpaired) electrons. The number of hydrogen-bond donors (Lipinski definition) is 3. The molecular weight excluding hydrogens is 516 g/mol. The Labute approximate surface area is 229 Å². The van der Waals surface area contributed by atoms with E-state index in [1.165, 1.54) is 11.5 Å². The van der Waals surface area contributed by atoms with Gasteiger partial charge in [0, 0.05) is 26.1 Å². The predicted molar refractivity (Wildman–Crippen MR) is 147 cm³/mol. The van der Waals surface area contributed by atoms with Gasteiger partial charge in [-0.1, -0.05) is 11.3 Å². The number of aryl methyl sites for hydroxylation is 1. The molecular formula is C26H34N10O4. The third-order valence-electron chi connectivity index (χ3n) is 7.15. The maximum Gasteiger partial charge on any atom is 0.328 e. The molecule has 212 valence electrons. The van der Waals surface area contributed by atoms with Crippen molar-refractivity contribution < 1.29 is 14.3 Å². The first-order valence-corrected chi connectivity index (χ1v) is 13.5. The second-order valence-corrected chi connectivity index (χ2v) is 10.0. The van der Waals surface area contributed by atoms with Gasteiger partial charge in [-0.3, -0.25) is 14.2 Å². The number of benzene rings is 1. The number of carbonyl (C=O) groups excluding carboxylic acids is 2. The first kappa shape index (κ1) is 27.2. The van der Waals surface area contributed by atoms with Gasteiger partial charge in [0.05, 0.1) is 38.2 Å². The number of nitrogens with zero attached hydrogens (tertiary/aromatic N) is 7. The van der Waals surface area contributed by atoms with Crippen molar-refractivity contribution in [3.8, 4) is 0 Å². The molecule has 2 amide bonds. The number of nitrogens with one attached hydrogen (secondary N) is 2. The molecule has 3 heterocycles. The molecule has 1 aliphatic carbocycles. The molecule has 1 saturated carbocycles. The van der Waals surface area contributed by atoms with Gasteiger partial charge < -0.3 is 25.7 Å². The van der Waals surface area contributed by atoms with Crippen LogP contribution >= 0.6 is 0 Å². The summed E-state index contributed by atoms with van der Waals surface area (Å²) in [6.07, 6.45) is 3.41. The number of aromatic amines is 1. The lowest BCUT2D eigenvalue weighted by atomic mass is 9.91. The topological polar surface area (TPSA) is 179 Å². The highest BCUT2D eigenvalue weighted by atomic mass is 16.5. The van der Waals surface area contributed by atoms with Gasteiger partial charge in [0.1, 0.15) is 16.9 Å². The maximum absolute atomic E-state index is 13.0. The fourth-order valence-electron chi connectivity index (χ4n) is 4.89. The van der Waals surface area contributed by atoms with Gasteiger partial charge in [-0.05, 0) is 43.9 Å². The normalized spacial score (nSPS) is 13.6. The Balaban J connectivity index is 1.23. The van der Waals surface area contributed by atoms with Crippen LogP contribution in [0.25, 0.3) is 22.2 Å². The van der Waals surface area contributed by atoms with Crippen LogP contribution in [-0.4, -0.2) is 83.6 Å². The van der Waals surface area contributed by atoms with E-state index in [0.29, 0.717) is 61.8 Å². The number of carbonyl (C=O) groups is 2. The predicted octanol–water partition coefficient (Wildman–Crippen LogP) is 0.727. The van der Waals surface area contributed by atoms with E-state index in [1.54, 1.807) is 11.6 Å². The fraction of sp³-hybridized carbons (Fsp3) is 0.500. The largest absolute Gasteiger partial charge is 0.382 e. The number of H-pyrrole nitrogens is 1. The summed E-state index contributed by atoms with van der Waals surface area (Å²) in [4.78, 5) is 49.7. The van der Waals surface area contributed by atoms with Gasteiger partial charge >= 0.3 is 5.69 Å². The average Bonchev–Trinajstić information content (AvgIpc) is 3.42. The zero-order chi connectivity index (χ0) is 28.2. The number of rotatable bonds is 12. The maximum atomic E-state index is 13.0. The molecule has 1 aliphatic rings. The van der Waals surface area contributed by atoms with Crippen molar-refractivity contribution in [2.24, 2.45) is 0 Å². The molecule has 1 aromatic carbocycles. The van der Waals surface area contributed by atoms with Crippen molar-refractivity contribution in [3.63, 3.8) is 0 Å². The summed E-state index contributed by atoms with van der Waals surface area (Å²) in [7, 11) is 0. The summed E-state index contributed by atoms with van der Waals surface area (Å²) in [6.45, 7) is 5.63. The lowest BCUT2D eigenvalue weighted by Gasteiger charge is -2.37. The Bertz CT molecular complexity index is 1590. The van der Waals surface area contributed by atoms with Crippen molar-refractivity contribution in [1.29, 1.82) is 0 Å². The monoisotopic (exact) mass is 550 g/mol. The molecule has 14 nitrogen and oxygen atoms in total. The van der Waals surface area contributed by atoms with E-state index in [4.69, 9.17) is 10.5 Å². The van der Waals surface area contributed by atoms with Crippen molar-refractivity contribution in [2.45, 2.75) is 58.7 Å². The Kier molecular flexibility index (Phi) is 8.05. The van der Waals surface area contributed by atoms with Gasteiger partial charge in [-0.25, -0.2) is 19.4 Å². The molecule has 4 N–H and O–H groups in total. The molecule has 0 spiro atoms. The van der Waals surface area contributed by atoms with E-state index in [-0.39, 0.29) is 35.9 Å². The van der Waals surface area contributed by atoms with Gasteiger partial charge in [-0.2, -0.15) is 0 Å². The summed E-state index contributed by atoms with van der Waals surface area (Å²) >= 11 is 0. The minimum Gasteiger partial charge on any atom is -0.382 e. The Morgan fingerprint density at radius 3 is 2.83 bits per heavy atom. The standard InChI is InChI=1S/C26H34N10O4/c1-16-29-24(27)23-25(30-16)35(26(39)31-23)15-18-6-7-21-20(14-18)32-33-36(21)11-10-34(19-4-3-5-19)22(38)8-12-40-13-9-28-17(2)37/h6-7,14,19H,3-5,8-13,15H2,1-2H3,(H,28,37)(H,31,39)(H2,27,29,30). The average molecular weight is 551 g/mol. The number of nitrogens with two attached hydrogens (primary N) is 1. The van der Waals surface area contributed by atoms with E-state index < -0.39 is 0 Å². The quantitative estimate of drug-likeness (QED) is 0.214. The van der Waals surface area contributed by atoms with Crippen molar-refractivity contribution in [3.05, 3.63) is 40.1 Å². The molecule has 0 bridgehead atoms. The van der Waals surface area contributed by atoms with Crippen LogP contribution in [0, 0.1) is 6.92 Å². The van der Waals surface area contributed by atoms with E-state index in [1.807, 2.05) is 23.1 Å². The smallest absolute Gasteiger partial charge is 0.328 e. The Morgan fingerprint density at radius 2 is 2.08 bits per heavy atom. The highest BCUT2D eigenvalue weighted by Gasteiger charge is 2.28. The first-order valence-electron chi connectivity index (χ1n) is 13.5. The van der Waals surface area contributed by atoms with Crippen LogP contribution in [0.3, 0.4) is 0 Å². The van der Waals surface area contributed by atoms with Crippen LogP contribution < -0.4 is 16.7 Å². The first-order chi connectivity index (χ1) is 19.3. The lowest BCUT2D eigenvalue weighted by molar-refractivity contribution is -0.136. The number of amides is 2. The van der Waals surface area contributed by atoms with E-state index in [0.717, 1.165) is 30.3 Å². The summed E-state index contributed by atoms with van der Waals surface area (Å²) in [5, 5.41) is 11.3. The lowest BCUT2D eigenvalue weighted by Crippen LogP contribution is -2.46. The minimum absolute atomic E-state index is 0.0554. The van der Waals surface area contributed by atoms with Crippen LogP contribution in [0.2, 0.25) is 0 Å². The van der Waals surface area contributed by atoms with Crippen LogP contribution in [0.15, 0.2) is 23.0 Å². The van der Waals surface area contributed by atoms with Gasteiger partial charge in [0.25, 0.3) is 0 Å². The number of aromatic nitrogens is 7. The molecule has 40 heavy (non-hydrogen) atoms. The van der Waals surface area contributed by atoms with Crippen LogP contribution in [0.4, 0.5) is 5.82 Å². The molecule has 0 unspecified atom stereocenters. The molecule has 5 rings (SSSR count). The number of fused-ring (bicyclic) bond motifs is 2. The van der Waals surface area contributed by atoms with Crippen molar-refractivity contribution in [1.82, 2.24) is 44.7 Å². The zero-order valence-electron chi connectivity index (χ0n) is 22.7. The summed E-state index contributed by atoms with van der Waals surface area (Å²) < 4.78 is 8.84. The van der Waals surface area contributed by atoms with Gasteiger partial charge in [-0.15, -0.1) is 5.10 Å². The second-order valence-electron chi connectivity index (χ2n) is 10.0. The SMILES string of the molecule is CC(=O)NCCOCCC(=O)N(CCn1nnc2cc(Cn3c(=O)[nH]c4c(N)nc(C)nc43)ccc21)C1CCC1. The summed E-state index contributed by atoms with van der Waals surface area (Å²) in [6, 6.07) is 5.99. The van der Waals surface area contributed by atoms with E-state index in [2.05, 4.69) is 30.6 Å². The summed E-state index contributed by atoms with van der Waals surface area (Å²) in [5.74, 6) is 0.675. The Hall–Kier alpha value is -4.33. The van der Waals surface area contributed by atoms with Crippen LogP contribution in [-0.2, 0) is 27.4 Å². The molecule has 3 aromatic heterocycles. The molecule has 14 heteroatoms. The number of anilines is 1. The van der Waals surface area contributed by atoms with E-state index in [9.17, 15) is 14.4 Å². The zero-order valence-corrected chi connectivity index (χ0v) is 22.7. The van der Waals surface area contributed by atoms with Gasteiger partial charge in [0.15, 0.2) is 11.5 Å².